The molecule has 1 atom stereocenters. The fourth-order valence-electron chi connectivity index (χ4n) is 1.70. The summed E-state index contributed by atoms with van der Waals surface area (Å²) in [6.45, 7) is 3.44. The van der Waals surface area contributed by atoms with Gasteiger partial charge in [-0.1, -0.05) is 6.92 Å². The molecule has 2 aromatic rings. The van der Waals surface area contributed by atoms with E-state index in [0.717, 1.165) is 11.3 Å². The number of nitrogens with one attached hydrogen (secondary N) is 1. The molecular formula is C13H11F5N2S. The molecule has 1 unspecified atom stereocenters. The van der Waals surface area contributed by atoms with Crippen LogP contribution < -0.4 is 5.32 Å². The van der Waals surface area contributed by atoms with Crippen LogP contribution in [0.4, 0.5) is 27.6 Å². The Morgan fingerprint density at radius 3 is 2.05 bits per heavy atom. The Labute approximate surface area is 121 Å². The molecule has 0 saturated carbocycles. The normalized spacial score (nSPS) is 12.5. The highest BCUT2D eigenvalue weighted by atomic mass is 32.1. The largest absolute Gasteiger partial charge is 0.371 e. The van der Waals surface area contributed by atoms with Gasteiger partial charge in [0.05, 0.1) is 6.04 Å². The maximum absolute atomic E-state index is 13.5. The van der Waals surface area contributed by atoms with E-state index in [1.54, 1.807) is 6.20 Å². The van der Waals surface area contributed by atoms with E-state index in [2.05, 4.69) is 10.3 Å². The zero-order valence-corrected chi connectivity index (χ0v) is 11.9. The van der Waals surface area contributed by atoms with Gasteiger partial charge in [-0.05, 0) is 13.3 Å². The third kappa shape index (κ3) is 2.85. The number of aromatic nitrogens is 1. The molecule has 0 fully saturated rings. The molecule has 0 spiro atoms. The van der Waals surface area contributed by atoms with E-state index in [9.17, 15) is 22.0 Å². The molecule has 2 nitrogen and oxygen atoms in total. The fraction of sp³-hybridized carbons (Fsp3) is 0.308. The van der Waals surface area contributed by atoms with E-state index >= 15 is 0 Å². The highest BCUT2D eigenvalue weighted by Crippen LogP contribution is 2.31. The lowest BCUT2D eigenvalue weighted by molar-refractivity contribution is 0.381. The number of benzene rings is 1. The number of aryl methyl sites for hydroxylation is 1. The van der Waals surface area contributed by atoms with Crippen LogP contribution in [0, 0.1) is 29.1 Å². The molecule has 2 rings (SSSR count). The van der Waals surface area contributed by atoms with Crippen molar-refractivity contribution in [1.82, 2.24) is 4.98 Å². The number of halogens is 5. The number of rotatable bonds is 4. The highest BCUT2D eigenvalue weighted by molar-refractivity contribution is 7.11. The molecule has 114 valence electrons. The van der Waals surface area contributed by atoms with Crippen LogP contribution in [0.25, 0.3) is 0 Å². The van der Waals surface area contributed by atoms with E-state index in [1.807, 2.05) is 6.92 Å². The summed E-state index contributed by atoms with van der Waals surface area (Å²) < 4.78 is 66.2. The lowest BCUT2D eigenvalue weighted by atomic mass is 10.2. The number of anilines is 1. The average Bonchev–Trinajstić information content (AvgIpc) is 2.96. The van der Waals surface area contributed by atoms with Gasteiger partial charge in [0.2, 0.25) is 5.82 Å². The van der Waals surface area contributed by atoms with Gasteiger partial charge < -0.3 is 5.32 Å². The van der Waals surface area contributed by atoms with Gasteiger partial charge in [0.25, 0.3) is 0 Å². The van der Waals surface area contributed by atoms with Crippen LogP contribution in [0.2, 0.25) is 0 Å². The van der Waals surface area contributed by atoms with Crippen molar-refractivity contribution in [2.24, 2.45) is 0 Å². The lowest BCUT2D eigenvalue weighted by Gasteiger charge is -2.15. The van der Waals surface area contributed by atoms with Crippen molar-refractivity contribution < 1.29 is 22.0 Å². The average molecular weight is 322 g/mol. The van der Waals surface area contributed by atoms with Crippen molar-refractivity contribution in [3.63, 3.8) is 0 Å². The van der Waals surface area contributed by atoms with Crippen molar-refractivity contribution >= 4 is 17.0 Å². The second-order valence-corrected chi connectivity index (χ2v) is 5.48. The Morgan fingerprint density at radius 1 is 1.05 bits per heavy atom. The Hall–Kier alpha value is -1.70. The molecule has 1 aromatic heterocycles. The van der Waals surface area contributed by atoms with Gasteiger partial charge in [-0.2, -0.15) is 0 Å². The Bertz CT molecular complexity index is 642. The first-order chi connectivity index (χ1) is 9.86. The summed E-state index contributed by atoms with van der Waals surface area (Å²) in [5.41, 5.74) is -1.05. The summed E-state index contributed by atoms with van der Waals surface area (Å²) >= 11 is 1.30. The number of thiazole rings is 1. The minimum atomic E-state index is -2.18. The molecule has 0 amide bonds. The zero-order valence-electron chi connectivity index (χ0n) is 11.1. The first-order valence-corrected chi connectivity index (χ1v) is 6.91. The lowest BCUT2D eigenvalue weighted by Crippen LogP contribution is -2.13. The van der Waals surface area contributed by atoms with Gasteiger partial charge in [-0.25, -0.2) is 26.9 Å². The molecular weight excluding hydrogens is 311 g/mol. The molecule has 1 heterocycles. The van der Waals surface area contributed by atoms with Crippen LogP contribution in [-0.2, 0) is 6.42 Å². The molecule has 21 heavy (non-hydrogen) atoms. The van der Waals surface area contributed by atoms with E-state index in [-0.39, 0.29) is 0 Å². The van der Waals surface area contributed by atoms with Crippen LogP contribution in [0.1, 0.15) is 29.8 Å². The molecule has 0 radical (unpaired) electrons. The standard InChI is InChI=1S/C13H11F5N2S/c1-3-6-4-19-13(21-6)5(2)20-12-10(17)8(15)7(14)9(16)11(12)18/h4-5,20H,3H2,1-2H3. The monoisotopic (exact) mass is 322 g/mol. The SMILES string of the molecule is CCc1cnc(C(C)Nc2c(F)c(F)c(F)c(F)c2F)s1. The van der Waals surface area contributed by atoms with Gasteiger partial charge >= 0.3 is 0 Å². The van der Waals surface area contributed by atoms with Gasteiger partial charge in [0.15, 0.2) is 23.3 Å². The smallest absolute Gasteiger partial charge is 0.200 e. The number of nitrogens with zero attached hydrogens (tertiary/aromatic N) is 1. The zero-order chi connectivity index (χ0) is 15.7. The van der Waals surface area contributed by atoms with Crippen molar-refractivity contribution in [3.8, 4) is 0 Å². The van der Waals surface area contributed by atoms with Crippen molar-refractivity contribution in [1.29, 1.82) is 0 Å². The molecule has 8 heteroatoms. The van der Waals surface area contributed by atoms with Gasteiger partial charge in [-0.3, -0.25) is 0 Å². The van der Waals surface area contributed by atoms with E-state index in [0.29, 0.717) is 5.01 Å². The topological polar surface area (TPSA) is 24.9 Å². The summed E-state index contributed by atoms with van der Waals surface area (Å²) in [6.07, 6.45) is 2.35. The summed E-state index contributed by atoms with van der Waals surface area (Å²) in [7, 11) is 0. The predicted molar refractivity (Wildman–Crippen MR) is 69.8 cm³/mol. The molecule has 0 aliphatic carbocycles. The maximum atomic E-state index is 13.5. The summed E-state index contributed by atoms with van der Waals surface area (Å²) in [4.78, 5) is 5.01. The van der Waals surface area contributed by atoms with E-state index in [1.165, 1.54) is 18.3 Å². The van der Waals surface area contributed by atoms with Crippen molar-refractivity contribution in [2.45, 2.75) is 26.3 Å². The minimum Gasteiger partial charge on any atom is -0.371 e. The fourth-order valence-corrected chi connectivity index (χ4v) is 2.56. The van der Waals surface area contributed by atoms with Crippen molar-refractivity contribution in [3.05, 3.63) is 45.2 Å². The summed E-state index contributed by atoms with van der Waals surface area (Å²) in [5, 5.41) is 2.79. The van der Waals surface area contributed by atoms with Gasteiger partial charge in [-0.15, -0.1) is 11.3 Å². The first-order valence-electron chi connectivity index (χ1n) is 6.09. The Balaban J connectivity index is 2.35. The Morgan fingerprint density at radius 2 is 1.57 bits per heavy atom. The predicted octanol–water partition coefficient (Wildman–Crippen LogP) is 4.57. The van der Waals surface area contributed by atoms with Gasteiger partial charge in [0, 0.05) is 11.1 Å². The molecule has 1 aromatic carbocycles. The first kappa shape index (κ1) is 15.7. The van der Waals surface area contributed by atoms with Crippen LogP contribution >= 0.6 is 11.3 Å². The third-order valence-electron chi connectivity index (χ3n) is 2.86. The third-order valence-corrected chi connectivity index (χ3v) is 4.19. The molecule has 0 aliphatic rings. The Kier molecular flexibility index (Phi) is 4.46. The quantitative estimate of drug-likeness (QED) is 0.506. The summed E-state index contributed by atoms with van der Waals surface area (Å²) in [5.74, 6) is -9.89. The maximum Gasteiger partial charge on any atom is 0.200 e. The number of hydrogen-bond acceptors (Lipinski definition) is 3. The molecule has 0 saturated heterocycles. The van der Waals surface area contributed by atoms with Crippen molar-refractivity contribution in [2.75, 3.05) is 5.32 Å². The minimum absolute atomic E-state index is 0.496. The second kappa shape index (κ2) is 5.97. The van der Waals surface area contributed by atoms with Crippen LogP contribution in [0.5, 0.6) is 0 Å². The number of hydrogen-bond donors (Lipinski definition) is 1. The second-order valence-electron chi connectivity index (χ2n) is 4.33. The van der Waals surface area contributed by atoms with Crippen LogP contribution in [0.15, 0.2) is 6.20 Å². The summed E-state index contributed by atoms with van der Waals surface area (Å²) in [6, 6.07) is -0.691. The van der Waals surface area contributed by atoms with Crippen LogP contribution in [-0.4, -0.2) is 4.98 Å². The molecule has 1 N–H and O–H groups in total. The van der Waals surface area contributed by atoms with E-state index in [4.69, 9.17) is 0 Å². The van der Waals surface area contributed by atoms with Crippen LogP contribution in [0.3, 0.4) is 0 Å². The molecule has 0 bridgehead atoms. The van der Waals surface area contributed by atoms with Gasteiger partial charge in [0.1, 0.15) is 10.7 Å². The highest BCUT2D eigenvalue weighted by Gasteiger charge is 2.27. The van der Waals surface area contributed by atoms with E-state index < -0.39 is 40.8 Å². The molecule has 0 aliphatic heterocycles.